The number of halogens is 3. The molecule has 0 fully saturated rings. The van der Waals surface area contributed by atoms with Crippen LogP contribution >= 0.6 is 0 Å². The first-order chi connectivity index (χ1) is 7.79. The molecule has 1 amide bonds. The van der Waals surface area contributed by atoms with Gasteiger partial charge in [0.2, 0.25) is 0 Å². The van der Waals surface area contributed by atoms with Gasteiger partial charge in [0.1, 0.15) is 5.82 Å². The monoisotopic (exact) mass is 251 g/mol. The third-order valence-corrected chi connectivity index (χ3v) is 1.76. The van der Waals surface area contributed by atoms with Crippen molar-refractivity contribution in [2.24, 2.45) is 0 Å². The van der Waals surface area contributed by atoms with Crippen molar-refractivity contribution in [3.63, 3.8) is 0 Å². The lowest BCUT2D eigenvalue weighted by Crippen LogP contribution is -2.24. The summed E-state index contributed by atoms with van der Waals surface area (Å²) in [6.07, 6.45) is -4.26. The third-order valence-electron chi connectivity index (χ3n) is 1.76. The first-order valence-corrected chi connectivity index (χ1v) is 4.83. The van der Waals surface area contributed by atoms with E-state index in [1.807, 2.05) is 13.8 Å². The van der Waals surface area contributed by atoms with Crippen LogP contribution in [0.3, 0.4) is 0 Å². The molecule has 96 valence electrons. The minimum absolute atomic E-state index is 0.0251. The highest BCUT2D eigenvalue weighted by molar-refractivity contribution is 5.83. The number of rotatable bonds is 3. The van der Waals surface area contributed by atoms with E-state index in [9.17, 15) is 18.0 Å². The number of nitrogens with one attached hydrogen (secondary N) is 1. The van der Waals surface area contributed by atoms with Crippen molar-refractivity contribution in [3.05, 3.63) is 12.3 Å². The summed E-state index contributed by atoms with van der Waals surface area (Å²) in [4.78, 5) is 11.1. The van der Waals surface area contributed by atoms with E-state index in [4.69, 9.17) is 0 Å². The number of ether oxygens (including phenoxy) is 1. The largest absolute Gasteiger partial charge is 0.440 e. The fraction of sp³-hybridized carbons (Fsp3) is 0.556. The number of hydrogen-bond acceptors (Lipinski definition) is 3. The van der Waals surface area contributed by atoms with Gasteiger partial charge in [0.15, 0.2) is 6.61 Å². The van der Waals surface area contributed by atoms with Gasteiger partial charge in [0, 0.05) is 12.1 Å². The van der Waals surface area contributed by atoms with Crippen molar-refractivity contribution in [1.82, 2.24) is 9.78 Å². The Morgan fingerprint density at radius 3 is 2.76 bits per heavy atom. The summed E-state index contributed by atoms with van der Waals surface area (Å²) >= 11 is 0. The molecule has 0 bridgehead atoms. The van der Waals surface area contributed by atoms with Gasteiger partial charge in [-0.05, 0) is 13.8 Å². The van der Waals surface area contributed by atoms with E-state index in [2.05, 4.69) is 15.2 Å². The van der Waals surface area contributed by atoms with Crippen LogP contribution in [0, 0.1) is 0 Å². The van der Waals surface area contributed by atoms with E-state index in [1.54, 1.807) is 0 Å². The van der Waals surface area contributed by atoms with E-state index in [0.717, 1.165) is 0 Å². The van der Waals surface area contributed by atoms with Crippen LogP contribution in [-0.4, -0.2) is 28.7 Å². The maximum absolute atomic E-state index is 11.8. The fourth-order valence-electron chi connectivity index (χ4n) is 1.11. The first kappa shape index (κ1) is 13.3. The molecule has 0 unspecified atom stereocenters. The molecule has 1 aromatic heterocycles. The van der Waals surface area contributed by atoms with Crippen molar-refractivity contribution in [2.75, 3.05) is 11.9 Å². The number of hydrogen-bond donors (Lipinski definition) is 1. The predicted octanol–water partition coefficient (Wildman–Crippen LogP) is 2.57. The molecule has 0 saturated heterocycles. The number of carbonyl (C=O) groups excluding carboxylic acids is 1. The Kier molecular flexibility index (Phi) is 3.97. The zero-order valence-corrected chi connectivity index (χ0v) is 9.28. The van der Waals surface area contributed by atoms with Crippen LogP contribution in [0.4, 0.5) is 23.8 Å². The van der Waals surface area contributed by atoms with Gasteiger partial charge in [-0.25, -0.2) is 9.48 Å². The van der Waals surface area contributed by atoms with Gasteiger partial charge in [0.05, 0.1) is 6.20 Å². The van der Waals surface area contributed by atoms with Crippen molar-refractivity contribution < 1.29 is 22.7 Å². The standard InChI is InChI=1S/C9H12F3N3O2/c1-6(2)15-7(3-4-13-15)14-8(16)17-5-9(10,11)12/h3-4,6H,5H2,1-2H3,(H,14,16). The van der Waals surface area contributed by atoms with Crippen molar-refractivity contribution in [3.8, 4) is 0 Å². The van der Waals surface area contributed by atoms with Gasteiger partial charge in [-0.3, -0.25) is 5.32 Å². The highest BCUT2D eigenvalue weighted by Crippen LogP contribution is 2.16. The number of carbonyl (C=O) groups is 1. The SMILES string of the molecule is CC(C)n1nccc1NC(=O)OCC(F)(F)F. The molecule has 0 spiro atoms. The van der Waals surface area contributed by atoms with Gasteiger partial charge >= 0.3 is 12.3 Å². The second-order valence-electron chi connectivity index (χ2n) is 3.57. The first-order valence-electron chi connectivity index (χ1n) is 4.83. The maximum atomic E-state index is 11.8. The Morgan fingerprint density at radius 2 is 2.24 bits per heavy atom. The average molecular weight is 251 g/mol. The highest BCUT2D eigenvalue weighted by Gasteiger charge is 2.29. The third kappa shape index (κ3) is 4.33. The number of alkyl halides is 3. The molecule has 17 heavy (non-hydrogen) atoms. The number of aromatic nitrogens is 2. The van der Waals surface area contributed by atoms with Gasteiger partial charge in [-0.1, -0.05) is 0 Å². The Hall–Kier alpha value is -1.73. The molecule has 0 radical (unpaired) electrons. The summed E-state index contributed by atoms with van der Waals surface area (Å²) in [5, 5.41) is 6.09. The molecule has 0 aliphatic rings. The zero-order chi connectivity index (χ0) is 13.1. The molecule has 0 aliphatic heterocycles. The van der Waals surface area contributed by atoms with Gasteiger partial charge in [-0.2, -0.15) is 18.3 Å². The zero-order valence-electron chi connectivity index (χ0n) is 9.28. The Bertz CT molecular complexity index is 387. The Balaban J connectivity index is 2.54. The molecule has 0 aromatic carbocycles. The highest BCUT2D eigenvalue weighted by atomic mass is 19.4. The molecule has 1 aromatic rings. The molecule has 0 atom stereocenters. The molecule has 1 rings (SSSR count). The summed E-state index contributed by atoms with van der Waals surface area (Å²) in [5.41, 5.74) is 0. The maximum Gasteiger partial charge on any atom is 0.422 e. The smallest absolute Gasteiger partial charge is 0.422 e. The minimum atomic E-state index is -4.53. The molecule has 0 aliphatic carbocycles. The fourth-order valence-corrected chi connectivity index (χ4v) is 1.11. The number of nitrogens with zero attached hydrogens (tertiary/aromatic N) is 2. The normalized spacial score (nSPS) is 11.6. The summed E-state index contributed by atoms with van der Waals surface area (Å²) < 4.78 is 40.8. The van der Waals surface area contributed by atoms with Crippen LogP contribution in [0.25, 0.3) is 0 Å². The topological polar surface area (TPSA) is 56.2 Å². The molecule has 0 saturated carbocycles. The van der Waals surface area contributed by atoms with Crippen LogP contribution in [0.15, 0.2) is 12.3 Å². The molecular weight excluding hydrogens is 239 g/mol. The summed E-state index contributed by atoms with van der Waals surface area (Å²) in [6, 6.07) is 1.44. The van der Waals surface area contributed by atoms with Crippen molar-refractivity contribution >= 4 is 11.9 Å². The molecule has 1 heterocycles. The van der Waals surface area contributed by atoms with Crippen LogP contribution in [0.5, 0.6) is 0 Å². The summed E-state index contributed by atoms with van der Waals surface area (Å²) in [5.74, 6) is 0.284. The number of anilines is 1. The van der Waals surface area contributed by atoms with Crippen molar-refractivity contribution in [2.45, 2.75) is 26.1 Å². The average Bonchev–Trinajstić information content (AvgIpc) is 2.62. The van der Waals surface area contributed by atoms with Crippen LogP contribution in [0.1, 0.15) is 19.9 Å². The predicted molar refractivity (Wildman–Crippen MR) is 53.6 cm³/mol. The van der Waals surface area contributed by atoms with E-state index in [1.165, 1.54) is 16.9 Å². The molecule has 1 N–H and O–H groups in total. The molecule has 8 heteroatoms. The number of amides is 1. The summed E-state index contributed by atoms with van der Waals surface area (Å²) in [6.45, 7) is 2.02. The second-order valence-corrected chi connectivity index (χ2v) is 3.57. The summed E-state index contributed by atoms with van der Waals surface area (Å²) in [7, 11) is 0. The van der Waals surface area contributed by atoms with E-state index >= 15 is 0 Å². The van der Waals surface area contributed by atoms with Crippen LogP contribution in [-0.2, 0) is 4.74 Å². The van der Waals surface area contributed by atoms with E-state index < -0.39 is 18.9 Å². The van der Waals surface area contributed by atoms with Crippen LogP contribution in [0.2, 0.25) is 0 Å². The van der Waals surface area contributed by atoms with E-state index in [0.29, 0.717) is 0 Å². The van der Waals surface area contributed by atoms with Crippen molar-refractivity contribution in [1.29, 1.82) is 0 Å². The van der Waals surface area contributed by atoms with Gasteiger partial charge in [-0.15, -0.1) is 0 Å². The minimum Gasteiger partial charge on any atom is -0.440 e. The Morgan fingerprint density at radius 1 is 1.59 bits per heavy atom. The molecular formula is C9H12F3N3O2. The lowest BCUT2D eigenvalue weighted by molar-refractivity contribution is -0.159. The van der Waals surface area contributed by atoms with Gasteiger partial charge in [0.25, 0.3) is 0 Å². The lowest BCUT2D eigenvalue weighted by atomic mass is 10.4. The van der Waals surface area contributed by atoms with Gasteiger partial charge < -0.3 is 4.74 Å². The second kappa shape index (κ2) is 5.07. The van der Waals surface area contributed by atoms with E-state index in [-0.39, 0.29) is 11.9 Å². The molecule has 5 nitrogen and oxygen atoms in total. The lowest BCUT2D eigenvalue weighted by Gasteiger charge is -2.12. The van der Waals surface area contributed by atoms with Crippen LogP contribution < -0.4 is 5.32 Å². The Labute approximate surface area is 95.5 Å². The quantitative estimate of drug-likeness (QED) is 0.898.